The van der Waals surface area contributed by atoms with Crippen molar-refractivity contribution in [3.05, 3.63) is 35.9 Å². The van der Waals surface area contributed by atoms with E-state index in [2.05, 4.69) is 5.32 Å². The maximum atomic E-state index is 12.0. The third-order valence-corrected chi connectivity index (χ3v) is 2.73. The van der Waals surface area contributed by atoms with Crippen molar-refractivity contribution in [3.8, 4) is 0 Å². The summed E-state index contributed by atoms with van der Waals surface area (Å²) in [6.07, 6.45) is 0.791. The summed E-state index contributed by atoms with van der Waals surface area (Å²) in [6, 6.07) is 9.83. The predicted octanol–water partition coefficient (Wildman–Crippen LogP) is 1.27. The Balaban J connectivity index is 2.39. The first-order valence-electron chi connectivity index (χ1n) is 6.40. The van der Waals surface area contributed by atoms with Gasteiger partial charge in [0.1, 0.15) is 0 Å². The molecular weight excluding hydrogens is 228 g/mol. The summed E-state index contributed by atoms with van der Waals surface area (Å²) < 4.78 is 5.21. The van der Waals surface area contributed by atoms with Crippen LogP contribution in [0.3, 0.4) is 0 Å². The molecule has 1 amide bonds. The number of carbonyl (C=O) groups is 1. The fraction of sp³-hybridized carbons (Fsp3) is 0.500. The van der Waals surface area contributed by atoms with Crippen LogP contribution in [0.4, 0.5) is 0 Å². The highest BCUT2D eigenvalue weighted by Gasteiger charge is 2.17. The van der Waals surface area contributed by atoms with Gasteiger partial charge < -0.3 is 15.8 Å². The molecule has 0 aliphatic heterocycles. The van der Waals surface area contributed by atoms with E-state index in [-0.39, 0.29) is 11.8 Å². The van der Waals surface area contributed by atoms with Gasteiger partial charge in [-0.05, 0) is 12.0 Å². The number of carbonyl (C=O) groups excluding carboxylic acids is 1. The van der Waals surface area contributed by atoms with E-state index in [9.17, 15) is 4.79 Å². The average molecular weight is 250 g/mol. The van der Waals surface area contributed by atoms with Gasteiger partial charge in [0.2, 0.25) is 5.91 Å². The van der Waals surface area contributed by atoms with Gasteiger partial charge in [-0.2, -0.15) is 0 Å². The van der Waals surface area contributed by atoms with Crippen molar-refractivity contribution in [1.29, 1.82) is 0 Å². The standard InChI is InChI=1S/C14H22N2O2/c1-2-13(12-6-4-3-5-7-12)14(17)16-9-11-18-10-8-15/h3-7,13H,2,8-11,15H2,1H3,(H,16,17). The van der Waals surface area contributed by atoms with Crippen LogP contribution in [0.1, 0.15) is 24.8 Å². The van der Waals surface area contributed by atoms with E-state index < -0.39 is 0 Å². The van der Waals surface area contributed by atoms with Gasteiger partial charge in [-0.1, -0.05) is 37.3 Å². The lowest BCUT2D eigenvalue weighted by atomic mass is 9.96. The lowest BCUT2D eigenvalue weighted by molar-refractivity contribution is -0.122. The number of hydrogen-bond donors (Lipinski definition) is 2. The number of nitrogens with two attached hydrogens (primary N) is 1. The summed E-state index contributed by atoms with van der Waals surface area (Å²) in [7, 11) is 0. The number of hydrogen-bond acceptors (Lipinski definition) is 3. The van der Waals surface area contributed by atoms with Crippen LogP contribution in [-0.4, -0.2) is 32.2 Å². The number of ether oxygens (including phenoxy) is 1. The first-order chi connectivity index (χ1) is 8.79. The van der Waals surface area contributed by atoms with Gasteiger partial charge in [-0.25, -0.2) is 0 Å². The quantitative estimate of drug-likeness (QED) is 0.683. The lowest BCUT2D eigenvalue weighted by Crippen LogP contribution is -2.32. The van der Waals surface area contributed by atoms with Crippen LogP contribution in [0.5, 0.6) is 0 Å². The minimum Gasteiger partial charge on any atom is -0.378 e. The van der Waals surface area contributed by atoms with Crippen LogP contribution in [-0.2, 0) is 9.53 Å². The second kappa shape index (κ2) is 8.66. The molecule has 0 bridgehead atoms. The van der Waals surface area contributed by atoms with Crippen molar-refractivity contribution >= 4 is 5.91 Å². The van der Waals surface area contributed by atoms with Crippen LogP contribution in [0.15, 0.2) is 30.3 Å². The Kier molecular flexibility index (Phi) is 7.06. The number of rotatable bonds is 8. The molecule has 4 nitrogen and oxygen atoms in total. The predicted molar refractivity (Wildman–Crippen MR) is 72.4 cm³/mol. The highest BCUT2D eigenvalue weighted by Crippen LogP contribution is 2.18. The van der Waals surface area contributed by atoms with Crippen LogP contribution < -0.4 is 11.1 Å². The van der Waals surface area contributed by atoms with Gasteiger partial charge >= 0.3 is 0 Å². The Morgan fingerprint density at radius 3 is 2.67 bits per heavy atom. The van der Waals surface area contributed by atoms with Crippen LogP contribution >= 0.6 is 0 Å². The van der Waals surface area contributed by atoms with Crippen LogP contribution in [0.2, 0.25) is 0 Å². The summed E-state index contributed by atoms with van der Waals surface area (Å²) in [5.41, 5.74) is 6.36. The van der Waals surface area contributed by atoms with E-state index in [1.54, 1.807) is 0 Å². The highest BCUT2D eigenvalue weighted by molar-refractivity contribution is 5.83. The third-order valence-electron chi connectivity index (χ3n) is 2.73. The topological polar surface area (TPSA) is 64.3 Å². The van der Waals surface area contributed by atoms with Gasteiger partial charge in [0, 0.05) is 13.1 Å². The molecule has 0 saturated carbocycles. The first-order valence-corrected chi connectivity index (χ1v) is 6.40. The van der Waals surface area contributed by atoms with E-state index in [0.717, 1.165) is 12.0 Å². The molecule has 0 heterocycles. The van der Waals surface area contributed by atoms with E-state index in [1.165, 1.54) is 0 Å². The molecule has 1 aromatic rings. The second-order valence-corrected chi connectivity index (χ2v) is 4.06. The molecule has 1 aromatic carbocycles. The zero-order valence-electron chi connectivity index (χ0n) is 10.9. The monoisotopic (exact) mass is 250 g/mol. The summed E-state index contributed by atoms with van der Waals surface area (Å²) in [4.78, 5) is 12.0. The molecule has 18 heavy (non-hydrogen) atoms. The SMILES string of the molecule is CCC(C(=O)NCCOCCN)c1ccccc1. The fourth-order valence-corrected chi connectivity index (χ4v) is 1.81. The number of benzene rings is 1. The molecule has 1 atom stereocenters. The van der Waals surface area contributed by atoms with Crippen molar-refractivity contribution in [2.24, 2.45) is 5.73 Å². The van der Waals surface area contributed by atoms with Crippen molar-refractivity contribution in [3.63, 3.8) is 0 Å². The molecule has 0 fully saturated rings. The first kappa shape index (κ1) is 14.7. The zero-order chi connectivity index (χ0) is 13.2. The number of amides is 1. The summed E-state index contributed by atoms with van der Waals surface area (Å²) in [6.45, 7) is 4.10. The van der Waals surface area contributed by atoms with Gasteiger partial charge in [-0.3, -0.25) is 4.79 Å². The van der Waals surface area contributed by atoms with E-state index in [1.807, 2.05) is 37.3 Å². The molecule has 0 spiro atoms. The van der Waals surface area contributed by atoms with Gasteiger partial charge in [0.25, 0.3) is 0 Å². The van der Waals surface area contributed by atoms with E-state index >= 15 is 0 Å². The smallest absolute Gasteiger partial charge is 0.227 e. The van der Waals surface area contributed by atoms with Gasteiger partial charge in [0.05, 0.1) is 19.1 Å². The fourth-order valence-electron chi connectivity index (χ4n) is 1.81. The molecule has 1 unspecified atom stereocenters. The Hall–Kier alpha value is -1.39. The molecule has 0 radical (unpaired) electrons. The lowest BCUT2D eigenvalue weighted by Gasteiger charge is -2.15. The molecule has 0 aromatic heterocycles. The Morgan fingerprint density at radius 1 is 1.33 bits per heavy atom. The van der Waals surface area contributed by atoms with E-state index in [4.69, 9.17) is 10.5 Å². The summed E-state index contributed by atoms with van der Waals surface area (Å²) >= 11 is 0. The Bertz CT molecular complexity index is 341. The Labute approximate surface area is 109 Å². The minimum absolute atomic E-state index is 0.0556. The van der Waals surface area contributed by atoms with Crippen molar-refractivity contribution in [1.82, 2.24) is 5.32 Å². The maximum Gasteiger partial charge on any atom is 0.227 e. The molecule has 3 N–H and O–H groups in total. The minimum atomic E-state index is -0.0827. The normalized spacial score (nSPS) is 12.1. The second-order valence-electron chi connectivity index (χ2n) is 4.06. The van der Waals surface area contributed by atoms with Gasteiger partial charge in [-0.15, -0.1) is 0 Å². The summed E-state index contributed by atoms with van der Waals surface area (Å²) in [5, 5.41) is 2.89. The molecule has 0 aliphatic rings. The van der Waals surface area contributed by atoms with Gasteiger partial charge in [0.15, 0.2) is 0 Å². The zero-order valence-corrected chi connectivity index (χ0v) is 10.9. The van der Waals surface area contributed by atoms with Crippen molar-refractivity contribution < 1.29 is 9.53 Å². The summed E-state index contributed by atoms with van der Waals surface area (Å²) in [5.74, 6) is -0.0271. The van der Waals surface area contributed by atoms with E-state index in [0.29, 0.717) is 26.3 Å². The number of nitrogens with one attached hydrogen (secondary N) is 1. The van der Waals surface area contributed by atoms with Crippen molar-refractivity contribution in [2.75, 3.05) is 26.3 Å². The molecular formula is C14H22N2O2. The average Bonchev–Trinajstić information content (AvgIpc) is 2.40. The largest absolute Gasteiger partial charge is 0.378 e. The maximum absolute atomic E-state index is 12.0. The Morgan fingerprint density at radius 2 is 2.06 bits per heavy atom. The molecule has 0 aliphatic carbocycles. The third kappa shape index (κ3) is 4.85. The molecule has 1 rings (SSSR count). The highest BCUT2D eigenvalue weighted by atomic mass is 16.5. The van der Waals surface area contributed by atoms with Crippen LogP contribution in [0.25, 0.3) is 0 Å². The van der Waals surface area contributed by atoms with Crippen molar-refractivity contribution in [2.45, 2.75) is 19.3 Å². The molecule has 0 saturated heterocycles. The molecule has 4 heteroatoms. The molecule has 100 valence electrons. The van der Waals surface area contributed by atoms with Crippen LogP contribution in [0, 0.1) is 0 Å².